The maximum Gasteiger partial charge on any atom is 0.0798 e. The number of nitrogens with zero attached hydrogens (tertiary/aromatic N) is 1. The number of benzene rings is 1. The van der Waals surface area contributed by atoms with Crippen LogP contribution < -0.4 is 5.73 Å². The molecule has 0 spiro atoms. The van der Waals surface area contributed by atoms with E-state index < -0.39 is 0 Å². The molecule has 0 bridgehead atoms. The van der Waals surface area contributed by atoms with Crippen LogP contribution in [0.5, 0.6) is 0 Å². The van der Waals surface area contributed by atoms with Gasteiger partial charge in [0.05, 0.1) is 11.2 Å². The third-order valence-electron chi connectivity index (χ3n) is 2.57. The number of nitrogens with two attached hydrogens (primary N) is 1. The Kier molecular flexibility index (Phi) is 4.05. The van der Waals surface area contributed by atoms with Crippen LogP contribution in [0.1, 0.15) is 22.2 Å². The van der Waals surface area contributed by atoms with Gasteiger partial charge in [0.15, 0.2) is 0 Å². The highest BCUT2D eigenvalue weighted by Gasteiger charge is 2.14. The standard InChI is InChI=1S/C12H12Cl2N2S/c1-7-12(17-6-16-7)11(15)5-8-4-9(13)2-3-10(8)14/h2-4,6,11H,5,15H2,1H3. The van der Waals surface area contributed by atoms with Crippen LogP contribution in [0.3, 0.4) is 0 Å². The SMILES string of the molecule is Cc1ncsc1C(N)Cc1cc(Cl)ccc1Cl. The summed E-state index contributed by atoms with van der Waals surface area (Å²) in [7, 11) is 0. The molecule has 0 aliphatic heterocycles. The monoisotopic (exact) mass is 286 g/mol. The summed E-state index contributed by atoms with van der Waals surface area (Å²) < 4.78 is 0. The van der Waals surface area contributed by atoms with Crippen LogP contribution in [0.2, 0.25) is 10.0 Å². The van der Waals surface area contributed by atoms with E-state index >= 15 is 0 Å². The number of hydrogen-bond acceptors (Lipinski definition) is 3. The van der Waals surface area contributed by atoms with Gasteiger partial charge in [0.25, 0.3) is 0 Å². The summed E-state index contributed by atoms with van der Waals surface area (Å²) >= 11 is 13.6. The lowest BCUT2D eigenvalue weighted by atomic mass is 10.0. The van der Waals surface area contributed by atoms with E-state index in [0.717, 1.165) is 16.1 Å². The molecule has 0 aliphatic rings. The normalized spacial score (nSPS) is 12.7. The number of aromatic nitrogens is 1. The summed E-state index contributed by atoms with van der Waals surface area (Å²) in [6, 6.07) is 5.35. The minimum absolute atomic E-state index is 0.0848. The first kappa shape index (κ1) is 12.8. The molecule has 1 aromatic carbocycles. The molecule has 17 heavy (non-hydrogen) atoms. The molecule has 2 N–H and O–H groups in total. The molecule has 0 saturated heterocycles. The lowest BCUT2D eigenvalue weighted by Gasteiger charge is -2.12. The van der Waals surface area contributed by atoms with Crippen molar-refractivity contribution < 1.29 is 0 Å². The molecule has 0 saturated carbocycles. The quantitative estimate of drug-likeness (QED) is 0.926. The van der Waals surface area contributed by atoms with Gasteiger partial charge in [0.1, 0.15) is 0 Å². The van der Waals surface area contributed by atoms with Crippen molar-refractivity contribution in [3.8, 4) is 0 Å². The fraction of sp³-hybridized carbons (Fsp3) is 0.250. The summed E-state index contributed by atoms with van der Waals surface area (Å²) in [6.07, 6.45) is 0.669. The Morgan fingerprint density at radius 3 is 2.82 bits per heavy atom. The van der Waals surface area contributed by atoms with Crippen molar-refractivity contribution in [3.63, 3.8) is 0 Å². The van der Waals surface area contributed by atoms with E-state index in [2.05, 4.69) is 4.98 Å². The van der Waals surface area contributed by atoms with E-state index in [0.29, 0.717) is 16.5 Å². The number of halogens is 2. The Morgan fingerprint density at radius 2 is 2.18 bits per heavy atom. The molecule has 5 heteroatoms. The first-order valence-electron chi connectivity index (χ1n) is 5.17. The van der Waals surface area contributed by atoms with Crippen molar-refractivity contribution in [1.82, 2.24) is 4.98 Å². The highest BCUT2D eigenvalue weighted by molar-refractivity contribution is 7.09. The zero-order valence-corrected chi connectivity index (χ0v) is 11.6. The molecule has 1 unspecified atom stereocenters. The van der Waals surface area contributed by atoms with Crippen LogP contribution in [-0.2, 0) is 6.42 Å². The Hall–Kier alpha value is -0.610. The van der Waals surface area contributed by atoms with E-state index in [-0.39, 0.29) is 6.04 Å². The molecule has 90 valence electrons. The fourth-order valence-corrected chi connectivity index (χ4v) is 2.89. The van der Waals surface area contributed by atoms with Crippen molar-refractivity contribution >= 4 is 34.5 Å². The number of hydrogen-bond donors (Lipinski definition) is 1. The highest BCUT2D eigenvalue weighted by Crippen LogP contribution is 2.27. The van der Waals surface area contributed by atoms with Crippen LogP contribution in [0, 0.1) is 6.92 Å². The largest absolute Gasteiger partial charge is 0.323 e. The van der Waals surface area contributed by atoms with Crippen molar-refractivity contribution in [1.29, 1.82) is 0 Å². The Labute approximate surface area is 114 Å². The van der Waals surface area contributed by atoms with E-state index in [9.17, 15) is 0 Å². The molecule has 1 atom stereocenters. The van der Waals surface area contributed by atoms with Crippen LogP contribution in [0.15, 0.2) is 23.7 Å². The molecule has 1 heterocycles. The third-order valence-corrected chi connectivity index (χ3v) is 4.23. The van der Waals surface area contributed by atoms with Gasteiger partial charge in [-0.3, -0.25) is 0 Å². The van der Waals surface area contributed by atoms with Crippen molar-refractivity contribution in [2.75, 3.05) is 0 Å². The second-order valence-corrected chi connectivity index (χ2v) is 5.58. The maximum absolute atomic E-state index is 6.16. The molecule has 0 radical (unpaired) electrons. The van der Waals surface area contributed by atoms with Crippen molar-refractivity contribution in [3.05, 3.63) is 49.9 Å². The summed E-state index contributed by atoms with van der Waals surface area (Å²) in [5.74, 6) is 0. The van der Waals surface area contributed by atoms with Gasteiger partial charge in [0, 0.05) is 21.0 Å². The fourth-order valence-electron chi connectivity index (χ4n) is 1.70. The summed E-state index contributed by atoms with van der Waals surface area (Å²) in [4.78, 5) is 5.30. The summed E-state index contributed by atoms with van der Waals surface area (Å²) in [6.45, 7) is 1.96. The lowest BCUT2D eigenvalue weighted by Crippen LogP contribution is -2.13. The molecule has 2 nitrogen and oxygen atoms in total. The van der Waals surface area contributed by atoms with Gasteiger partial charge in [-0.2, -0.15) is 0 Å². The van der Waals surface area contributed by atoms with Gasteiger partial charge in [-0.1, -0.05) is 23.2 Å². The van der Waals surface area contributed by atoms with E-state index in [1.807, 2.05) is 18.5 Å². The predicted molar refractivity (Wildman–Crippen MR) is 73.9 cm³/mol. The minimum atomic E-state index is -0.0848. The van der Waals surface area contributed by atoms with E-state index in [1.165, 1.54) is 0 Å². The zero-order chi connectivity index (χ0) is 12.4. The zero-order valence-electron chi connectivity index (χ0n) is 9.28. The molecule has 1 aromatic heterocycles. The predicted octanol–water partition coefficient (Wildman–Crippen LogP) is 4.00. The smallest absolute Gasteiger partial charge is 0.0798 e. The van der Waals surface area contributed by atoms with Gasteiger partial charge in [0.2, 0.25) is 0 Å². The van der Waals surface area contributed by atoms with Crippen molar-refractivity contribution in [2.24, 2.45) is 5.73 Å². The second kappa shape index (κ2) is 5.36. The molecule has 2 rings (SSSR count). The Morgan fingerprint density at radius 1 is 1.41 bits per heavy atom. The van der Waals surface area contributed by atoms with Crippen LogP contribution in [-0.4, -0.2) is 4.98 Å². The van der Waals surface area contributed by atoms with Crippen LogP contribution >= 0.6 is 34.5 Å². The number of thiazole rings is 1. The molecular formula is C12H12Cl2N2S. The minimum Gasteiger partial charge on any atom is -0.323 e. The number of aryl methyl sites for hydroxylation is 1. The molecule has 0 amide bonds. The van der Waals surface area contributed by atoms with Gasteiger partial charge in [-0.05, 0) is 37.1 Å². The Balaban J connectivity index is 2.21. The van der Waals surface area contributed by atoms with Crippen LogP contribution in [0.25, 0.3) is 0 Å². The van der Waals surface area contributed by atoms with Gasteiger partial charge >= 0.3 is 0 Å². The molecule has 0 fully saturated rings. The summed E-state index contributed by atoms with van der Waals surface area (Å²) in [5, 5.41) is 1.38. The van der Waals surface area contributed by atoms with E-state index in [4.69, 9.17) is 28.9 Å². The second-order valence-electron chi connectivity index (χ2n) is 3.85. The van der Waals surface area contributed by atoms with Gasteiger partial charge in [-0.15, -0.1) is 11.3 Å². The number of rotatable bonds is 3. The average molecular weight is 287 g/mol. The molecule has 2 aromatic rings. The highest BCUT2D eigenvalue weighted by atomic mass is 35.5. The van der Waals surface area contributed by atoms with Crippen LogP contribution in [0.4, 0.5) is 0 Å². The summed E-state index contributed by atoms with van der Waals surface area (Å²) in [5.41, 5.74) is 9.93. The Bertz CT molecular complexity index is 525. The molecular weight excluding hydrogens is 275 g/mol. The first-order chi connectivity index (χ1) is 8.08. The lowest BCUT2D eigenvalue weighted by molar-refractivity contribution is 0.729. The van der Waals surface area contributed by atoms with Gasteiger partial charge < -0.3 is 5.73 Å². The molecule has 0 aliphatic carbocycles. The first-order valence-corrected chi connectivity index (χ1v) is 6.81. The van der Waals surface area contributed by atoms with Crippen molar-refractivity contribution in [2.45, 2.75) is 19.4 Å². The topological polar surface area (TPSA) is 38.9 Å². The average Bonchev–Trinajstić information content (AvgIpc) is 2.70. The van der Waals surface area contributed by atoms with E-state index in [1.54, 1.807) is 23.5 Å². The third kappa shape index (κ3) is 2.99. The van der Waals surface area contributed by atoms with Gasteiger partial charge in [-0.25, -0.2) is 4.98 Å². The maximum atomic E-state index is 6.16.